The largest absolute Gasteiger partial charge is 0.454 e. The van der Waals surface area contributed by atoms with E-state index in [1.165, 1.54) is 0 Å². The van der Waals surface area contributed by atoms with Crippen LogP contribution in [0.1, 0.15) is 40.4 Å². The summed E-state index contributed by atoms with van der Waals surface area (Å²) in [5.41, 5.74) is 1.99. The zero-order chi connectivity index (χ0) is 19.3. The molecule has 1 saturated heterocycles. The Balaban J connectivity index is 1.49. The Bertz CT molecular complexity index is 992. The van der Waals surface area contributed by atoms with Gasteiger partial charge in [0.25, 0.3) is 5.91 Å². The predicted octanol–water partition coefficient (Wildman–Crippen LogP) is 3.49. The third-order valence-corrected chi connectivity index (χ3v) is 4.85. The standard InChI is InChI=1S/C21H19N5O2/c22-11-15-5-7-18(8-6-15)28-19-13-24-25-20(19)17-4-2-10-26(14-17)21(27)16-3-1-9-23-12-16/h1,3,5-9,12-13,17H,2,4,10,14H2,(H,24,25). The first-order valence-electron chi connectivity index (χ1n) is 9.15. The van der Waals surface area contributed by atoms with Crippen LogP contribution >= 0.6 is 0 Å². The molecule has 0 aliphatic carbocycles. The Morgan fingerprint density at radius 2 is 2.14 bits per heavy atom. The lowest BCUT2D eigenvalue weighted by atomic mass is 9.94. The van der Waals surface area contributed by atoms with Crippen LogP contribution in [0.5, 0.6) is 11.5 Å². The highest BCUT2D eigenvalue weighted by molar-refractivity contribution is 5.94. The molecule has 4 rings (SSSR count). The van der Waals surface area contributed by atoms with Crippen molar-refractivity contribution in [3.05, 3.63) is 71.8 Å². The summed E-state index contributed by atoms with van der Waals surface area (Å²) in [5.74, 6) is 1.36. The molecule has 0 spiro atoms. The number of piperidine rings is 1. The van der Waals surface area contributed by atoms with Gasteiger partial charge in [-0.15, -0.1) is 0 Å². The number of aromatic nitrogens is 3. The number of aromatic amines is 1. The number of rotatable bonds is 4. The second-order valence-electron chi connectivity index (χ2n) is 6.70. The molecule has 1 aromatic carbocycles. The van der Waals surface area contributed by atoms with E-state index >= 15 is 0 Å². The van der Waals surface area contributed by atoms with Crippen LogP contribution in [-0.2, 0) is 0 Å². The number of nitrogens with zero attached hydrogens (tertiary/aromatic N) is 4. The van der Waals surface area contributed by atoms with Gasteiger partial charge in [-0.2, -0.15) is 10.4 Å². The van der Waals surface area contributed by atoms with Crippen LogP contribution in [0, 0.1) is 11.3 Å². The van der Waals surface area contributed by atoms with Gasteiger partial charge in [0.05, 0.1) is 23.4 Å². The van der Waals surface area contributed by atoms with Gasteiger partial charge >= 0.3 is 0 Å². The number of nitrogens with one attached hydrogen (secondary N) is 1. The smallest absolute Gasteiger partial charge is 0.255 e. The molecular weight excluding hydrogens is 354 g/mol. The van der Waals surface area contributed by atoms with E-state index in [9.17, 15) is 4.79 Å². The quantitative estimate of drug-likeness (QED) is 0.755. The molecule has 7 nitrogen and oxygen atoms in total. The van der Waals surface area contributed by atoms with Gasteiger partial charge in [0, 0.05) is 31.4 Å². The molecule has 3 heterocycles. The first-order chi connectivity index (χ1) is 13.7. The summed E-state index contributed by atoms with van der Waals surface area (Å²) < 4.78 is 5.97. The number of likely N-dealkylation sites (tertiary alicyclic amines) is 1. The summed E-state index contributed by atoms with van der Waals surface area (Å²) in [5, 5.41) is 16.2. The topological polar surface area (TPSA) is 94.9 Å². The fourth-order valence-electron chi connectivity index (χ4n) is 3.44. The van der Waals surface area contributed by atoms with Gasteiger partial charge in [-0.25, -0.2) is 0 Å². The normalized spacial score (nSPS) is 16.4. The molecule has 28 heavy (non-hydrogen) atoms. The third kappa shape index (κ3) is 3.71. The van der Waals surface area contributed by atoms with Gasteiger partial charge in [0.1, 0.15) is 11.4 Å². The molecule has 0 saturated carbocycles. The number of carbonyl (C=O) groups excluding carboxylic acids is 1. The van der Waals surface area contributed by atoms with Crippen LogP contribution in [0.2, 0.25) is 0 Å². The van der Waals surface area contributed by atoms with Gasteiger partial charge in [-0.1, -0.05) is 0 Å². The second-order valence-corrected chi connectivity index (χ2v) is 6.70. The first kappa shape index (κ1) is 17.7. The number of benzene rings is 1. The van der Waals surface area contributed by atoms with Crippen LogP contribution < -0.4 is 4.74 Å². The predicted molar refractivity (Wildman–Crippen MR) is 102 cm³/mol. The SMILES string of the molecule is N#Cc1ccc(Oc2c[nH]nc2C2CCCN(C(=O)c3cccnc3)C2)cc1. The van der Waals surface area contributed by atoms with E-state index in [4.69, 9.17) is 10.00 Å². The van der Waals surface area contributed by atoms with E-state index in [0.29, 0.717) is 29.2 Å². The molecule has 1 N–H and O–H groups in total. The maximum atomic E-state index is 12.8. The number of hydrogen-bond donors (Lipinski definition) is 1. The van der Waals surface area contributed by atoms with Gasteiger partial charge in [0.2, 0.25) is 0 Å². The summed E-state index contributed by atoms with van der Waals surface area (Å²) in [6.45, 7) is 1.31. The lowest BCUT2D eigenvalue weighted by molar-refractivity contribution is 0.0704. The van der Waals surface area contributed by atoms with E-state index in [1.807, 2.05) is 4.90 Å². The molecule has 2 aromatic heterocycles. The Morgan fingerprint density at radius 3 is 2.89 bits per heavy atom. The van der Waals surface area contributed by atoms with E-state index < -0.39 is 0 Å². The monoisotopic (exact) mass is 373 g/mol. The lowest BCUT2D eigenvalue weighted by Gasteiger charge is -2.32. The second kappa shape index (κ2) is 7.92. The molecule has 1 fully saturated rings. The van der Waals surface area contributed by atoms with Crippen molar-refractivity contribution >= 4 is 5.91 Å². The molecule has 0 bridgehead atoms. The van der Waals surface area contributed by atoms with Crippen molar-refractivity contribution < 1.29 is 9.53 Å². The van der Waals surface area contributed by atoms with Crippen LogP contribution in [0.4, 0.5) is 0 Å². The highest BCUT2D eigenvalue weighted by atomic mass is 16.5. The molecule has 0 radical (unpaired) electrons. The summed E-state index contributed by atoms with van der Waals surface area (Å²) in [6, 6.07) is 12.6. The zero-order valence-electron chi connectivity index (χ0n) is 15.2. The van der Waals surface area contributed by atoms with Gasteiger partial charge in [-0.05, 0) is 49.2 Å². The Kier molecular flexibility index (Phi) is 5.02. The first-order valence-corrected chi connectivity index (χ1v) is 9.15. The molecule has 1 aliphatic heterocycles. The average Bonchev–Trinajstić information content (AvgIpc) is 3.22. The van der Waals surface area contributed by atoms with Crippen LogP contribution in [0.3, 0.4) is 0 Å². The van der Waals surface area contributed by atoms with E-state index in [-0.39, 0.29) is 11.8 Å². The highest BCUT2D eigenvalue weighted by Gasteiger charge is 2.29. The minimum Gasteiger partial charge on any atom is -0.454 e. The maximum Gasteiger partial charge on any atom is 0.255 e. The number of hydrogen-bond acceptors (Lipinski definition) is 5. The van der Waals surface area contributed by atoms with Crippen molar-refractivity contribution in [1.82, 2.24) is 20.1 Å². The number of pyridine rings is 1. The number of H-pyrrole nitrogens is 1. The Labute approximate surface area is 162 Å². The fraction of sp³-hybridized carbons (Fsp3) is 0.238. The summed E-state index contributed by atoms with van der Waals surface area (Å²) >= 11 is 0. The molecule has 1 unspecified atom stereocenters. The highest BCUT2D eigenvalue weighted by Crippen LogP contribution is 2.34. The van der Waals surface area contributed by atoms with Crippen LogP contribution in [-0.4, -0.2) is 39.1 Å². The molecule has 140 valence electrons. The van der Waals surface area contributed by atoms with Crippen molar-refractivity contribution in [2.45, 2.75) is 18.8 Å². The molecule has 1 aliphatic rings. The van der Waals surface area contributed by atoms with Crippen LogP contribution in [0.25, 0.3) is 0 Å². The van der Waals surface area contributed by atoms with E-state index in [2.05, 4.69) is 21.3 Å². The van der Waals surface area contributed by atoms with Crippen molar-refractivity contribution in [2.75, 3.05) is 13.1 Å². The Morgan fingerprint density at radius 1 is 1.29 bits per heavy atom. The summed E-state index contributed by atoms with van der Waals surface area (Å²) in [4.78, 5) is 18.6. The molecule has 7 heteroatoms. The zero-order valence-corrected chi connectivity index (χ0v) is 15.2. The van der Waals surface area contributed by atoms with E-state index in [0.717, 1.165) is 25.1 Å². The van der Waals surface area contributed by atoms with Gasteiger partial charge in [-0.3, -0.25) is 14.9 Å². The number of ether oxygens (including phenoxy) is 1. The number of nitriles is 1. The minimum atomic E-state index is -0.0112. The molecular formula is C21H19N5O2. The maximum absolute atomic E-state index is 12.8. The fourth-order valence-corrected chi connectivity index (χ4v) is 3.44. The average molecular weight is 373 g/mol. The third-order valence-electron chi connectivity index (χ3n) is 4.85. The van der Waals surface area contributed by atoms with Crippen molar-refractivity contribution in [3.63, 3.8) is 0 Å². The van der Waals surface area contributed by atoms with Crippen LogP contribution in [0.15, 0.2) is 55.0 Å². The minimum absolute atomic E-state index is 0.0112. The number of amides is 1. The van der Waals surface area contributed by atoms with Crippen molar-refractivity contribution in [3.8, 4) is 17.6 Å². The molecule has 3 aromatic rings. The number of carbonyl (C=O) groups is 1. The summed E-state index contributed by atoms with van der Waals surface area (Å²) in [7, 11) is 0. The van der Waals surface area contributed by atoms with Crippen molar-refractivity contribution in [2.24, 2.45) is 0 Å². The van der Waals surface area contributed by atoms with Gasteiger partial charge < -0.3 is 9.64 Å². The molecule has 1 amide bonds. The lowest BCUT2D eigenvalue weighted by Crippen LogP contribution is -2.39. The van der Waals surface area contributed by atoms with Gasteiger partial charge in [0.15, 0.2) is 5.75 Å². The summed E-state index contributed by atoms with van der Waals surface area (Å²) in [6.07, 6.45) is 6.81. The Hall–Kier alpha value is -3.66. The molecule has 1 atom stereocenters. The van der Waals surface area contributed by atoms with E-state index in [1.54, 1.807) is 55.0 Å². The van der Waals surface area contributed by atoms with Crippen molar-refractivity contribution in [1.29, 1.82) is 5.26 Å².